The number of hydrogen-bond donors (Lipinski definition) is 1. The van der Waals surface area contributed by atoms with Crippen LogP contribution in [0.3, 0.4) is 0 Å². The molecule has 1 rings (SSSR count). The van der Waals surface area contributed by atoms with Crippen LogP contribution in [0.1, 0.15) is 33.5 Å². The van der Waals surface area contributed by atoms with Crippen LogP contribution in [0.2, 0.25) is 5.15 Å². The van der Waals surface area contributed by atoms with Crippen LogP contribution < -0.4 is 5.32 Å². The fraction of sp³-hybridized carbons (Fsp3) is 0.615. The molecule has 0 radical (unpaired) electrons. The number of rotatable bonds is 4. The van der Waals surface area contributed by atoms with Gasteiger partial charge in [0.05, 0.1) is 6.54 Å². The third-order valence-corrected chi connectivity index (χ3v) is 2.88. The first-order valence-electron chi connectivity index (χ1n) is 6.27. The summed E-state index contributed by atoms with van der Waals surface area (Å²) in [5, 5.41) is 3.36. The summed E-state index contributed by atoms with van der Waals surface area (Å²) < 4.78 is 0. The number of amides is 1. The van der Waals surface area contributed by atoms with Gasteiger partial charge in [-0.05, 0) is 6.92 Å². The molecule has 0 aliphatic heterocycles. The Morgan fingerprint density at radius 1 is 1.42 bits per heavy atom. The monoisotopic (exact) mass is 284 g/mol. The second-order valence-electron chi connectivity index (χ2n) is 5.41. The SMILES string of the molecule is CCN(C)C(=O)CNc1cc(Cl)nc(C(C)(C)C)n1. The van der Waals surface area contributed by atoms with E-state index >= 15 is 0 Å². The van der Waals surface area contributed by atoms with Gasteiger partial charge in [-0.25, -0.2) is 9.97 Å². The van der Waals surface area contributed by atoms with Crippen LogP contribution in [-0.4, -0.2) is 40.9 Å². The van der Waals surface area contributed by atoms with Gasteiger partial charge in [0.15, 0.2) is 0 Å². The number of nitrogens with zero attached hydrogens (tertiary/aromatic N) is 3. The average Bonchev–Trinajstić information content (AvgIpc) is 2.33. The maximum absolute atomic E-state index is 11.7. The molecule has 0 atom stereocenters. The van der Waals surface area contributed by atoms with E-state index in [0.29, 0.717) is 23.3 Å². The average molecular weight is 285 g/mol. The molecular weight excluding hydrogens is 264 g/mol. The number of likely N-dealkylation sites (N-methyl/N-ethyl adjacent to an activating group) is 1. The third-order valence-electron chi connectivity index (χ3n) is 2.69. The Morgan fingerprint density at radius 3 is 2.58 bits per heavy atom. The van der Waals surface area contributed by atoms with Crippen LogP contribution in [0.4, 0.5) is 5.82 Å². The minimum absolute atomic E-state index is 0.00884. The van der Waals surface area contributed by atoms with Crippen LogP contribution in [0, 0.1) is 0 Å². The van der Waals surface area contributed by atoms with Crippen LogP contribution >= 0.6 is 11.6 Å². The smallest absolute Gasteiger partial charge is 0.241 e. The molecule has 0 unspecified atom stereocenters. The minimum atomic E-state index is -0.189. The molecule has 0 aliphatic rings. The van der Waals surface area contributed by atoms with Crippen LogP contribution in [0.25, 0.3) is 0 Å². The normalized spacial score (nSPS) is 11.3. The van der Waals surface area contributed by atoms with Crippen molar-refractivity contribution in [1.29, 1.82) is 0 Å². The van der Waals surface area contributed by atoms with E-state index in [1.165, 1.54) is 0 Å². The molecule has 19 heavy (non-hydrogen) atoms. The van der Waals surface area contributed by atoms with E-state index in [2.05, 4.69) is 15.3 Å². The Hall–Kier alpha value is -1.36. The first-order valence-corrected chi connectivity index (χ1v) is 6.64. The highest BCUT2D eigenvalue weighted by molar-refractivity contribution is 6.29. The fourth-order valence-electron chi connectivity index (χ4n) is 1.32. The van der Waals surface area contributed by atoms with Gasteiger partial charge in [0.25, 0.3) is 0 Å². The Kier molecular flexibility index (Phi) is 5.11. The molecule has 5 nitrogen and oxygen atoms in total. The molecule has 106 valence electrons. The van der Waals surface area contributed by atoms with Crippen molar-refractivity contribution in [2.24, 2.45) is 0 Å². The van der Waals surface area contributed by atoms with Crippen molar-refractivity contribution >= 4 is 23.3 Å². The molecule has 1 aromatic rings. The zero-order valence-corrected chi connectivity index (χ0v) is 12.9. The van der Waals surface area contributed by atoms with Gasteiger partial charge < -0.3 is 10.2 Å². The molecule has 0 aromatic carbocycles. The zero-order valence-electron chi connectivity index (χ0n) is 12.1. The molecule has 0 spiro atoms. The second-order valence-corrected chi connectivity index (χ2v) is 5.80. The van der Waals surface area contributed by atoms with Crippen LogP contribution in [0.15, 0.2) is 6.07 Å². The van der Waals surface area contributed by atoms with Crippen molar-refractivity contribution in [3.8, 4) is 0 Å². The number of nitrogens with one attached hydrogen (secondary N) is 1. The molecule has 0 fully saturated rings. The Morgan fingerprint density at radius 2 is 2.05 bits per heavy atom. The van der Waals surface area contributed by atoms with Crippen molar-refractivity contribution in [3.05, 3.63) is 17.0 Å². The topological polar surface area (TPSA) is 58.1 Å². The summed E-state index contributed by atoms with van der Waals surface area (Å²) in [6.07, 6.45) is 0. The van der Waals surface area contributed by atoms with Crippen molar-refractivity contribution in [2.75, 3.05) is 25.5 Å². The summed E-state index contributed by atoms with van der Waals surface area (Å²) in [6, 6.07) is 1.62. The molecule has 6 heteroatoms. The number of hydrogen-bond acceptors (Lipinski definition) is 4. The predicted octanol–water partition coefficient (Wildman–Crippen LogP) is 2.32. The molecule has 1 N–H and O–H groups in total. The maximum Gasteiger partial charge on any atom is 0.241 e. The number of carbonyl (C=O) groups is 1. The third kappa shape index (κ3) is 4.67. The minimum Gasteiger partial charge on any atom is -0.361 e. The summed E-state index contributed by atoms with van der Waals surface area (Å²) in [6.45, 7) is 8.84. The molecule has 0 bridgehead atoms. The van der Waals surface area contributed by atoms with Crippen LogP contribution in [0.5, 0.6) is 0 Å². The van der Waals surface area contributed by atoms with E-state index in [9.17, 15) is 4.79 Å². The lowest BCUT2D eigenvalue weighted by Crippen LogP contribution is -2.32. The van der Waals surface area contributed by atoms with E-state index in [4.69, 9.17) is 11.6 Å². The van der Waals surface area contributed by atoms with Gasteiger partial charge >= 0.3 is 0 Å². The van der Waals surface area contributed by atoms with Gasteiger partial charge in [-0.15, -0.1) is 0 Å². The highest BCUT2D eigenvalue weighted by Crippen LogP contribution is 2.22. The van der Waals surface area contributed by atoms with E-state index in [0.717, 1.165) is 0 Å². The van der Waals surface area contributed by atoms with Gasteiger partial charge in [-0.3, -0.25) is 4.79 Å². The van der Waals surface area contributed by atoms with Gasteiger partial charge in [-0.2, -0.15) is 0 Å². The highest BCUT2D eigenvalue weighted by atomic mass is 35.5. The van der Waals surface area contributed by atoms with Gasteiger partial charge in [0.2, 0.25) is 5.91 Å². The lowest BCUT2D eigenvalue weighted by molar-refractivity contribution is -0.127. The fourth-order valence-corrected chi connectivity index (χ4v) is 1.50. The van der Waals surface area contributed by atoms with E-state index in [1.54, 1.807) is 18.0 Å². The second kappa shape index (κ2) is 6.19. The first-order chi connectivity index (χ1) is 8.74. The van der Waals surface area contributed by atoms with Crippen LogP contribution in [-0.2, 0) is 10.2 Å². The summed E-state index contributed by atoms with van der Waals surface area (Å²) in [4.78, 5) is 21.9. The zero-order chi connectivity index (χ0) is 14.6. The molecule has 1 amide bonds. The lowest BCUT2D eigenvalue weighted by atomic mass is 9.96. The van der Waals surface area contributed by atoms with Gasteiger partial charge in [0.1, 0.15) is 16.8 Å². The Labute approximate surface area is 119 Å². The summed E-state index contributed by atoms with van der Waals surface area (Å²) in [5.74, 6) is 1.23. The number of aromatic nitrogens is 2. The largest absolute Gasteiger partial charge is 0.361 e. The summed E-state index contributed by atoms with van der Waals surface area (Å²) >= 11 is 5.97. The number of carbonyl (C=O) groups excluding carboxylic acids is 1. The molecule has 1 aromatic heterocycles. The molecule has 1 heterocycles. The lowest BCUT2D eigenvalue weighted by Gasteiger charge is -2.18. The first kappa shape index (κ1) is 15.7. The van der Waals surface area contributed by atoms with E-state index < -0.39 is 0 Å². The van der Waals surface area contributed by atoms with Crippen molar-refractivity contribution in [1.82, 2.24) is 14.9 Å². The maximum atomic E-state index is 11.7. The molecule has 0 saturated carbocycles. The molecular formula is C13H21ClN4O. The summed E-state index contributed by atoms with van der Waals surface area (Å²) in [7, 11) is 1.76. The van der Waals surface area contributed by atoms with Crippen molar-refractivity contribution in [3.63, 3.8) is 0 Å². The van der Waals surface area contributed by atoms with Crippen molar-refractivity contribution < 1.29 is 4.79 Å². The van der Waals surface area contributed by atoms with Gasteiger partial charge in [0, 0.05) is 25.1 Å². The summed E-state index contributed by atoms with van der Waals surface area (Å²) in [5.41, 5.74) is -0.189. The van der Waals surface area contributed by atoms with Crippen molar-refractivity contribution in [2.45, 2.75) is 33.1 Å². The molecule has 0 aliphatic carbocycles. The Bertz CT molecular complexity index is 456. The standard InChI is InChI=1S/C13H21ClN4O/c1-6-18(5)11(19)8-15-10-7-9(14)16-12(17-10)13(2,3)4/h7H,6,8H2,1-5H3,(H,15,16,17). The predicted molar refractivity (Wildman–Crippen MR) is 77.5 cm³/mol. The van der Waals surface area contributed by atoms with E-state index in [-0.39, 0.29) is 17.9 Å². The molecule has 0 saturated heterocycles. The Balaban J connectivity index is 2.80. The number of halogens is 1. The number of anilines is 1. The highest BCUT2D eigenvalue weighted by Gasteiger charge is 2.19. The van der Waals surface area contributed by atoms with E-state index in [1.807, 2.05) is 27.7 Å². The quantitative estimate of drug-likeness (QED) is 0.862. The van der Waals surface area contributed by atoms with Gasteiger partial charge in [-0.1, -0.05) is 32.4 Å².